The first-order valence-electron chi connectivity index (χ1n) is 7.99. The van der Waals surface area contributed by atoms with Crippen molar-refractivity contribution in [1.29, 1.82) is 0 Å². The van der Waals surface area contributed by atoms with Crippen LogP contribution in [-0.2, 0) is 6.61 Å². The molecule has 26 heavy (non-hydrogen) atoms. The van der Waals surface area contributed by atoms with E-state index < -0.39 is 0 Å². The van der Waals surface area contributed by atoms with E-state index in [4.69, 9.17) is 39.5 Å². The number of halogens is 3. The summed E-state index contributed by atoms with van der Waals surface area (Å²) in [4.78, 5) is 4.42. The Bertz CT molecular complexity index is 916. The van der Waals surface area contributed by atoms with Gasteiger partial charge < -0.3 is 4.74 Å². The average Bonchev–Trinajstić information content (AvgIpc) is 2.63. The summed E-state index contributed by atoms with van der Waals surface area (Å²) in [6.45, 7) is 2.35. The van der Waals surface area contributed by atoms with E-state index in [1.54, 1.807) is 18.3 Å². The summed E-state index contributed by atoms with van der Waals surface area (Å²) in [6.07, 6.45) is 1.69. The summed E-state index contributed by atoms with van der Waals surface area (Å²) >= 11 is 18.8. The molecule has 3 aromatic rings. The maximum atomic E-state index is 6.34. The van der Waals surface area contributed by atoms with Crippen molar-refractivity contribution < 1.29 is 4.74 Å². The van der Waals surface area contributed by atoms with Crippen LogP contribution in [0.4, 0.5) is 5.69 Å². The van der Waals surface area contributed by atoms with Crippen LogP contribution in [-0.4, -0.2) is 6.21 Å². The fourth-order valence-electron chi connectivity index (χ4n) is 2.33. The fraction of sp³-hybridized carbons (Fsp3) is 0.0952. The summed E-state index contributed by atoms with van der Waals surface area (Å²) < 4.78 is 5.77. The van der Waals surface area contributed by atoms with Crippen molar-refractivity contribution in [3.8, 4) is 5.75 Å². The molecule has 0 N–H and O–H groups in total. The van der Waals surface area contributed by atoms with E-state index in [1.807, 2.05) is 55.5 Å². The SMILES string of the molecule is Cc1ccc(N=Cc2cc(Cl)c(OCc3ccccc3)c(Cl)c2)cc1Cl. The maximum Gasteiger partial charge on any atom is 0.157 e. The molecule has 132 valence electrons. The van der Waals surface area contributed by atoms with Gasteiger partial charge in [-0.1, -0.05) is 71.2 Å². The Balaban J connectivity index is 1.76. The molecule has 0 atom stereocenters. The van der Waals surface area contributed by atoms with Crippen LogP contribution >= 0.6 is 34.8 Å². The van der Waals surface area contributed by atoms with E-state index in [0.29, 0.717) is 27.4 Å². The molecular weight excluding hydrogens is 389 g/mol. The van der Waals surface area contributed by atoms with Crippen molar-refractivity contribution in [2.75, 3.05) is 0 Å². The number of aliphatic imine (C=N–C) groups is 1. The monoisotopic (exact) mass is 403 g/mol. The minimum atomic E-state index is 0.398. The molecule has 3 aromatic carbocycles. The van der Waals surface area contributed by atoms with Crippen molar-refractivity contribution >= 4 is 46.7 Å². The number of rotatable bonds is 5. The average molecular weight is 405 g/mol. The molecule has 3 rings (SSSR count). The van der Waals surface area contributed by atoms with E-state index in [0.717, 1.165) is 22.4 Å². The Morgan fingerprint density at radius 3 is 2.23 bits per heavy atom. The molecule has 0 amide bonds. The number of hydrogen-bond donors (Lipinski definition) is 0. The molecule has 0 aliphatic rings. The molecule has 0 unspecified atom stereocenters. The number of hydrogen-bond acceptors (Lipinski definition) is 2. The van der Waals surface area contributed by atoms with E-state index in [9.17, 15) is 0 Å². The molecule has 2 nitrogen and oxygen atoms in total. The molecule has 0 saturated carbocycles. The molecule has 0 aliphatic heterocycles. The predicted molar refractivity (Wildman–Crippen MR) is 111 cm³/mol. The number of aryl methyl sites for hydroxylation is 1. The Labute approximate surface area is 168 Å². The van der Waals surface area contributed by atoms with Crippen molar-refractivity contribution in [3.63, 3.8) is 0 Å². The highest BCUT2D eigenvalue weighted by molar-refractivity contribution is 6.37. The largest absolute Gasteiger partial charge is 0.486 e. The van der Waals surface area contributed by atoms with Gasteiger partial charge in [-0.15, -0.1) is 0 Å². The zero-order valence-electron chi connectivity index (χ0n) is 14.0. The Kier molecular flexibility index (Phi) is 6.20. The summed E-state index contributed by atoms with van der Waals surface area (Å²) in [6, 6.07) is 19.0. The molecule has 0 fully saturated rings. The van der Waals surface area contributed by atoms with Crippen LogP contribution in [0.2, 0.25) is 15.1 Å². The van der Waals surface area contributed by atoms with E-state index in [1.165, 1.54) is 0 Å². The third kappa shape index (κ3) is 4.79. The highest BCUT2D eigenvalue weighted by Gasteiger charge is 2.09. The number of nitrogens with zero attached hydrogens (tertiary/aromatic N) is 1. The van der Waals surface area contributed by atoms with E-state index in [-0.39, 0.29) is 0 Å². The first-order valence-corrected chi connectivity index (χ1v) is 9.12. The standard InChI is InChI=1S/C21H16Cl3NO/c1-14-7-8-17(11-18(14)22)25-12-16-9-19(23)21(20(24)10-16)26-13-15-5-3-2-4-6-15/h2-12H,13H2,1H3. The first-order chi connectivity index (χ1) is 12.5. The van der Waals surface area contributed by atoms with Crippen molar-refractivity contribution in [2.24, 2.45) is 4.99 Å². The highest BCUT2D eigenvalue weighted by atomic mass is 35.5. The van der Waals surface area contributed by atoms with Gasteiger partial charge in [0.2, 0.25) is 0 Å². The molecule has 0 aliphatic carbocycles. The van der Waals surface area contributed by atoms with Crippen molar-refractivity contribution in [1.82, 2.24) is 0 Å². The molecule has 0 saturated heterocycles. The summed E-state index contributed by atoms with van der Waals surface area (Å²) in [7, 11) is 0. The van der Waals surface area contributed by atoms with Crippen LogP contribution < -0.4 is 4.74 Å². The van der Waals surface area contributed by atoms with Crippen LogP contribution in [0.15, 0.2) is 65.7 Å². The lowest BCUT2D eigenvalue weighted by Gasteiger charge is -2.11. The first kappa shape index (κ1) is 18.8. The van der Waals surface area contributed by atoms with Crippen LogP contribution in [0.3, 0.4) is 0 Å². The van der Waals surface area contributed by atoms with Gasteiger partial charge in [-0.25, -0.2) is 0 Å². The van der Waals surface area contributed by atoms with Crippen LogP contribution in [0, 0.1) is 6.92 Å². The van der Waals surface area contributed by atoms with Gasteiger partial charge in [0, 0.05) is 11.2 Å². The molecule has 0 radical (unpaired) electrons. The normalized spacial score (nSPS) is 11.1. The van der Waals surface area contributed by atoms with E-state index >= 15 is 0 Å². The van der Waals surface area contributed by atoms with E-state index in [2.05, 4.69) is 4.99 Å². The lowest BCUT2D eigenvalue weighted by Crippen LogP contribution is -1.97. The van der Waals surface area contributed by atoms with Crippen molar-refractivity contribution in [2.45, 2.75) is 13.5 Å². The zero-order valence-corrected chi connectivity index (χ0v) is 16.3. The summed E-state index contributed by atoms with van der Waals surface area (Å²) in [5.41, 5.74) is 3.60. The fourth-order valence-corrected chi connectivity index (χ4v) is 3.12. The summed E-state index contributed by atoms with van der Waals surface area (Å²) in [5.74, 6) is 0.465. The van der Waals surface area contributed by atoms with Gasteiger partial charge in [-0.2, -0.15) is 0 Å². The number of benzene rings is 3. The molecule has 5 heteroatoms. The topological polar surface area (TPSA) is 21.6 Å². The lowest BCUT2D eigenvalue weighted by atomic mass is 10.2. The van der Waals surface area contributed by atoms with Crippen LogP contribution in [0.25, 0.3) is 0 Å². The van der Waals surface area contributed by atoms with Crippen LogP contribution in [0.5, 0.6) is 5.75 Å². The molecule has 0 bridgehead atoms. The zero-order chi connectivity index (χ0) is 18.5. The molecular formula is C21H16Cl3NO. The molecule has 0 heterocycles. The second kappa shape index (κ2) is 8.59. The smallest absolute Gasteiger partial charge is 0.157 e. The second-order valence-electron chi connectivity index (χ2n) is 5.78. The van der Waals surface area contributed by atoms with Gasteiger partial charge in [0.05, 0.1) is 15.7 Å². The third-order valence-electron chi connectivity index (χ3n) is 3.76. The number of ether oxygens (including phenoxy) is 1. The second-order valence-corrected chi connectivity index (χ2v) is 7.00. The van der Waals surface area contributed by atoms with Gasteiger partial charge in [0.15, 0.2) is 5.75 Å². The predicted octanol–water partition coefficient (Wildman–Crippen LogP) is 7.28. The third-order valence-corrected chi connectivity index (χ3v) is 4.73. The molecule has 0 spiro atoms. The lowest BCUT2D eigenvalue weighted by molar-refractivity contribution is 0.306. The van der Waals surface area contributed by atoms with Crippen molar-refractivity contribution in [3.05, 3.63) is 92.4 Å². The minimum Gasteiger partial charge on any atom is -0.486 e. The Morgan fingerprint density at radius 1 is 0.885 bits per heavy atom. The maximum absolute atomic E-state index is 6.34. The minimum absolute atomic E-state index is 0.398. The Morgan fingerprint density at radius 2 is 1.58 bits per heavy atom. The van der Waals surface area contributed by atoms with Gasteiger partial charge >= 0.3 is 0 Å². The van der Waals surface area contributed by atoms with Gasteiger partial charge in [0.25, 0.3) is 0 Å². The Hall–Kier alpha value is -2.00. The van der Waals surface area contributed by atoms with Gasteiger partial charge in [0.1, 0.15) is 6.61 Å². The van der Waals surface area contributed by atoms with Gasteiger partial charge in [-0.3, -0.25) is 4.99 Å². The van der Waals surface area contributed by atoms with Crippen LogP contribution in [0.1, 0.15) is 16.7 Å². The molecule has 0 aromatic heterocycles. The highest BCUT2D eigenvalue weighted by Crippen LogP contribution is 2.34. The summed E-state index contributed by atoms with van der Waals surface area (Å²) in [5, 5.41) is 1.56. The quantitative estimate of drug-likeness (QED) is 0.409. The van der Waals surface area contributed by atoms with Gasteiger partial charge in [-0.05, 0) is 47.9 Å².